The van der Waals surface area contributed by atoms with Crippen molar-refractivity contribution in [3.05, 3.63) is 29.7 Å². The van der Waals surface area contributed by atoms with E-state index in [1.54, 1.807) is 0 Å². The van der Waals surface area contributed by atoms with E-state index < -0.39 is 24.2 Å². The monoisotopic (exact) mass is 263 g/mol. The Kier molecular flexibility index (Phi) is 2.72. The van der Waals surface area contributed by atoms with Crippen molar-refractivity contribution in [3.8, 4) is 0 Å². The average Bonchev–Trinajstić information content (AvgIpc) is 2.71. The molecule has 1 aromatic heterocycles. The van der Waals surface area contributed by atoms with E-state index in [1.165, 1.54) is 0 Å². The molecule has 0 amide bonds. The second-order valence-electron chi connectivity index (χ2n) is 3.43. The van der Waals surface area contributed by atoms with Gasteiger partial charge in [-0.25, -0.2) is 18.6 Å². The molecule has 0 aliphatic carbocycles. The molecule has 0 radical (unpaired) electrons. The number of carbonyl (C=O) groups is 1. The summed E-state index contributed by atoms with van der Waals surface area (Å²) in [6.45, 7) is 0. The summed E-state index contributed by atoms with van der Waals surface area (Å²) < 4.78 is 54.6. The first kappa shape index (κ1) is 12.3. The van der Waals surface area contributed by atoms with Crippen LogP contribution in [0.3, 0.4) is 0 Å². The van der Waals surface area contributed by atoms with E-state index in [0.717, 1.165) is 18.2 Å². The van der Waals surface area contributed by atoms with Crippen molar-refractivity contribution < 1.29 is 31.9 Å². The van der Waals surface area contributed by atoms with Crippen LogP contribution in [0.2, 0.25) is 0 Å². The molecule has 1 aromatic carbocycles. The number of benzene rings is 1. The largest absolute Gasteiger partial charge is 0.478 e. The van der Waals surface area contributed by atoms with Gasteiger partial charge in [-0.2, -0.15) is 8.78 Å². The zero-order valence-corrected chi connectivity index (χ0v) is 8.53. The Labute approximate surface area is 96.8 Å². The highest BCUT2D eigenvalue weighted by atomic mass is 19.3. The molecule has 0 bridgehead atoms. The second-order valence-corrected chi connectivity index (χ2v) is 3.43. The number of oxazole rings is 1. The highest BCUT2D eigenvalue weighted by Crippen LogP contribution is 2.35. The van der Waals surface area contributed by atoms with Gasteiger partial charge in [0.15, 0.2) is 5.58 Å². The van der Waals surface area contributed by atoms with Crippen LogP contribution >= 0.6 is 0 Å². The van der Waals surface area contributed by atoms with Gasteiger partial charge in [-0.15, -0.1) is 0 Å². The Morgan fingerprint density at radius 3 is 2.61 bits per heavy atom. The summed E-state index contributed by atoms with van der Waals surface area (Å²) in [7, 11) is 0. The number of alkyl halides is 4. The van der Waals surface area contributed by atoms with Crippen LogP contribution in [0.5, 0.6) is 0 Å². The molecule has 2 rings (SSSR count). The maximum absolute atomic E-state index is 13.0. The minimum Gasteiger partial charge on any atom is -0.478 e. The standard InChI is InChI=1S/C10H5F4NO3/c11-8(12)10(13,14)9-15-5-2-1-4(7(16)17)3-6(5)18-9/h1-3,8H,(H,16,17). The van der Waals surface area contributed by atoms with Crippen LogP contribution in [0.1, 0.15) is 16.2 Å². The van der Waals surface area contributed by atoms with Crippen molar-refractivity contribution in [1.29, 1.82) is 0 Å². The van der Waals surface area contributed by atoms with Crippen LogP contribution in [0.4, 0.5) is 17.6 Å². The van der Waals surface area contributed by atoms with E-state index in [-0.39, 0.29) is 16.7 Å². The quantitative estimate of drug-likeness (QED) is 0.865. The Morgan fingerprint density at radius 1 is 1.39 bits per heavy atom. The maximum atomic E-state index is 13.0. The molecule has 1 heterocycles. The fourth-order valence-electron chi connectivity index (χ4n) is 1.29. The molecule has 0 unspecified atom stereocenters. The van der Waals surface area contributed by atoms with Gasteiger partial charge in [0.05, 0.1) is 5.56 Å². The molecule has 0 spiro atoms. The molecule has 1 N–H and O–H groups in total. The number of aromatic nitrogens is 1. The van der Waals surface area contributed by atoms with Crippen LogP contribution in [0.25, 0.3) is 11.1 Å². The third-order valence-corrected chi connectivity index (χ3v) is 2.19. The highest BCUT2D eigenvalue weighted by molar-refractivity contribution is 5.91. The van der Waals surface area contributed by atoms with Gasteiger partial charge in [-0.3, -0.25) is 0 Å². The van der Waals surface area contributed by atoms with Crippen LogP contribution in [-0.4, -0.2) is 22.5 Å². The van der Waals surface area contributed by atoms with E-state index in [1.807, 2.05) is 0 Å². The first-order chi connectivity index (χ1) is 8.32. The van der Waals surface area contributed by atoms with Gasteiger partial charge in [-0.1, -0.05) is 0 Å². The Morgan fingerprint density at radius 2 is 2.06 bits per heavy atom. The lowest BCUT2D eigenvalue weighted by Crippen LogP contribution is -2.23. The number of hydrogen-bond acceptors (Lipinski definition) is 3. The Balaban J connectivity index is 2.54. The molecule has 0 fully saturated rings. The lowest BCUT2D eigenvalue weighted by atomic mass is 10.2. The minimum absolute atomic E-state index is 0.115. The van der Waals surface area contributed by atoms with Crippen molar-refractivity contribution in [2.45, 2.75) is 12.3 Å². The summed E-state index contributed by atoms with van der Waals surface area (Å²) in [5.41, 5.74) is -0.619. The number of fused-ring (bicyclic) bond motifs is 1. The number of halogens is 4. The smallest absolute Gasteiger partial charge is 0.381 e. The van der Waals surface area contributed by atoms with Gasteiger partial charge in [0.1, 0.15) is 5.52 Å². The molecular weight excluding hydrogens is 258 g/mol. The molecule has 0 atom stereocenters. The maximum Gasteiger partial charge on any atom is 0.381 e. The molecule has 2 aromatic rings. The lowest BCUT2D eigenvalue weighted by Gasteiger charge is -2.09. The number of hydrogen-bond donors (Lipinski definition) is 1. The van der Waals surface area contributed by atoms with Crippen molar-refractivity contribution >= 4 is 17.1 Å². The zero-order chi connectivity index (χ0) is 13.5. The molecule has 0 aliphatic heterocycles. The fourth-order valence-corrected chi connectivity index (χ4v) is 1.29. The summed E-state index contributed by atoms with van der Waals surface area (Å²) >= 11 is 0. The highest BCUT2D eigenvalue weighted by Gasteiger charge is 2.47. The van der Waals surface area contributed by atoms with E-state index >= 15 is 0 Å². The molecule has 0 aliphatic rings. The van der Waals surface area contributed by atoms with Crippen LogP contribution in [-0.2, 0) is 5.92 Å². The fraction of sp³-hybridized carbons (Fsp3) is 0.200. The normalized spacial score (nSPS) is 12.3. The van der Waals surface area contributed by atoms with E-state index in [9.17, 15) is 22.4 Å². The van der Waals surface area contributed by atoms with Crippen molar-refractivity contribution in [2.24, 2.45) is 0 Å². The molecule has 8 heteroatoms. The van der Waals surface area contributed by atoms with Gasteiger partial charge in [0.25, 0.3) is 5.89 Å². The summed E-state index contributed by atoms with van der Waals surface area (Å²) in [5, 5.41) is 8.67. The van der Waals surface area contributed by atoms with E-state index in [0.29, 0.717) is 0 Å². The molecule has 0 saturated carbocycles. The lowest BCUT2D eigenvalue weighted by molar-refractivity contribution is -0.150. The van der Waals surface area contributed by atoms with Crippen molar-refractivity contribution in [1.82, 2.24) is 4.98 Å². The third kappa shape index (κ3) is 1.89. The molecule has 4 nitrogen and oxygen atoms in total. The number of rotatable bonds is 3. The zero-order valence-electron chi connectivity index (χ0n) is 8.53. The van der Waals surface area contributed by atoms with Crippen molar-refractivity contribution in [2.75, 3.05) is 0 Å². The number of carboxylic acids is 1. The number of aromatic carboxylic acids is 1. The summed E-state index contributed by atoms with van der Waals surface area (Å²) in [6, 6.07) is 3.15. The predicted molar refractivity (Wildman–Crippen MR) is 50.9 cm³/mol. The van der Waals surface area contributed by atoms with E-state index in [2.05, 4.69) is 9.40 Å². The number of nitrogens with zero attached hydrogens (tertiary/aromatic N) is 1. The van der Waals surface area contributed by atoms with Crippen molar-refractivity contribution in [3.63, 3.8) is 0 Å². The number of carboxylic acid groups (broad SMARTS) is 1. The van der Waals surface area contributed by atoms with Gasteiger partial charge in [0.2, 0.25) is 0 Å². The first-order valence-corrected chi connectivity index (χ1v) is 4.62. The van der Waals surface area contributed by atoms with Gasteiger partial charge in [-0.05, 0) is 18.2 Å². The average molecular weight is 263 g/mol. The summed E-state index contributed by atoms with van der Waals surface area (Å²) in [6.07, 6.45) is -3.95. The van der Waals surface area contributed by atoms with Gasteiger partial charge < -0.3 is 9.52 Å². The third-order valence-electron chi connectivity index (χ3n) is 2.19. The second kappa shape index (κ2) is 3.97. The predicted octanol–water partition coefficient (Wildman–Crippen LogP) is 2.88. The Hall–Kier alpha value is -2.12. The van der Waals surface area contributed by atoms with E-state index in [4.69, 9.17) is 5.11 Å². The van der Waals surface area contributed by atoms with Crippen LogP contribution in [0, 0.1) is 0 Å². The van der Waals surface area contributed by atoms with Crippen LogP contribution in [0.15, 0.2) is 22.6 Å². The van der Waals surface area contributed by atoms with Gasteiger partial charge in [0, 0.05) is 0 Å². The Bertz CT molecular complexity index is 608. The SMILES string of the molecule is O=C(O)c1ccc2nc(C(F)(F)C(F)F)oc2c1. The summed E-state index contributed by atoms with van der Waals surface area (Å²) in [4.78, 5) is 13.8. The van der Waals surface area contributed by atoms with Crippen LogP contribution < -0.4 is 0 Å². The molecule has 0 saturated heterocycles. The molecular formula is C10H5F4NO3. The van der Waals surface area contributed by atoms with Gasteiger partial charge >= 0.3 is 18.3 Å². The topological polar surface area (TPSA) is 63.3 Å². The minimum atomic E-state index is -4.51. The summed E-state index contributed by atoms with van der Waals surface area (Å²) in [5.74, 6) is -7.24. The molecule has 18 heavy (non-hydrogen) atoms. The first-order valence-electron chi connectivity index (χ1n) is 4.62. The molecule has 96 valence electrons.